The average molecular weight is 475 g/mol. The number of carbonyl (C=O) groups excluding carboxylic acids is 3. The van der Waals surface area contributed by atoms with Gasteiger partial charge in [0.15, 0.2) is 12.7 Å². The summed E-state index contributed by atoms with van der Waals surface area (Å²) in [4.78, 5) is 45.5. The number of ether oxygens (including phenoxy) is 4. The third kappa shape index (κ3) is 7.14. The van der Waals surface area contributed by atoms with E-state index in [-0.39, 0.29) is 17.8 Å². The second-order valence-corrected chi connectivity index (χ2v) is 8.03. The molecule has 2 N–H and O–H groups in total. The van der Waals surface area contributed by atoms with Gasteiger partial charge in [0.2, 0.25) is 5.91 Å². The normalized spacial score (nSPS) is 16.0. The van der Waals surface area contributed by atoms with Crippen LogP contribution < -0.4 is 14.8 Å². The molecule has 0 spiro atoms. The molecule has 0 aliphatic carbocycles. The molecule has 3 rings (SSSR count). The van der Waals surface area contributed by atoms with Gasteiger partial charge in [-0.1, -0.05) is 36.0 Å². The Labute approximate surface area is 193 Å². The number of carboxylic acid groups (broad SMARTS) is 1. The Bertz CT molecular complexity index is 1020. The lowest BCUT2D eigenvalue weighted by molar-refractivity contribution is -0.141. The van der Waals surface area contributed by atoms with Crippen molar-refractivity contribution >= 4 is 35.0 Å². The van der Waals surface area contributed by atoms with Gasteiger partial charge in [-0.2, -0.15) is 0 Å². The maximum Gasteiger partial charge on any atom is 0.509 e. The first kappa shape index (κ1) is 23.9. The van der Waals surface area contributed by atoms with Crippen LogP contribution >= 0.6 is 11.8 Å². The largest absolute Gasteiger partial charge is 0.509 e. The fraction of sp³-hybridized carbons (Fsp3) is 0.273. The van der Waals surface area contributed by atoms with Crippen molar-refractivity contribution in [1.82, 2.24) is 5.32 Å². The molecule has 11 heteroatoms. The smallest absolute Gasteiger partial charge is 0.497 e. The molecular formula is C22H21NO9S. The van der Waals surface area contributed by atoms with Crippen LogP contribution in [0.25, 0.3) is 0 Å². The van der Waals surface area contributed by atoms with Crippen molar-refractivity contribution in [2.24, 2.45) is 0 Å². The molecule has 2 atom stereocenters. The van der Waals surface area contributed by atoms with Crippen LogP contribution in [-0.4, -0.2) is 54.0 Å². The monoisotopic (exact) mass is 475 g/mol. The second kappa shape index (κ2) is 11.2. The van der Waals surface area contributed by atoms with Crippen molar-refractivity contribution in [1.29, 1.82) is 0 Å². The molecule has 1 fully saturated rings. The van der Waals surface area contributed by atoms with Gasteiger partial charge in [0.25, 0.3) is 5.24 Å². The molecule has 2 aromatic carbocycles. The number of hydrogen-bond acceptors (Lipinski definition) is 9. The molecule has 10 nitrogen and oxygen atoms in total. The summed E-state index contributed by atoms with van der Waals surface area (Å²) >= 11 is 0.961. The van der Waals surface area contributed by atoms with Crippen LogP contribution in [0.4, 0.5) is 9.59 Å². The topological polar surface area (TPSA) is 137 Å². The summed E-state index contributed by atoms with van der Waals surface area (Å²) in [6.07, 6.45) is -1.65. The minimum atomic E-state index is -1.31. The van der Waals surface area contributed by atoms with Crippen LogP contribution in [0.1, 0.15) is 17.2 Å². The number of aliphatic carboxylic acids is 1. The molecule has 0 radical (unpaired) electrons. The number of imide groups is 1. The number of benzene rings is 2. The van der Waals surface area contributed by atoms with Crippen LogP contribution in [0.3, 0.4) is 0 Å². The molecule has 0 bridgehead atoms. The summed E-state index contributed by atoms with van der Waals surface area (Å²) in [5.41, 5.74) is 1.41. The van der Waals surface area contributed by atoms with E-state index in [2.05, 4.69) is 10.1 Å². The number of nitrogens with one attached hydrogen (secondary N) is 1. The van der Waals surface area contributed by atoms with E-state index in [4.69, 9.17) is 19.3 Å². The molecule has 1 heterocycles. The van der Waals surface area contributed by atoms with Gasteiger partial charge in [-0.15, -0.1) is 0 Å². The van der Waals surface area contributed by atoms with E-state index >= 15 is 0 Å². The molecule has 0 saturated carbocycles. The van der Waals surface area contributed by atoms with Crippen molar-refractivity contribution in [3.63, 3.8) is 0 Å². The van der Waals surface area contributed by atoms with E-state index in [0.717, 1.165) is 17.3 Å². The molecule has 174 valence electrons. The molecule has 2 aromatic rings. The second-order valence-electron chi connectivity index (χ2n) is 6.86. The zero-order valence-corrected chi connectivity index (χ0v) is 18.3. The summed E-state index contributed by atoms with van der Waals surface area (Å²) < 4.78 is 20.8. The van der Waals surface area contributed by atoms with E-state index in [9.17, 15) is 19.2 Å². The molecule has 1 unspecified atom stereocenters. The van der Waals surface area contributed by atoms with Crippen molar-refractivity contribution in [2.45, 2.75) is 17.8 Å². The lowest BCUT2D eigenvalue weighted by Gasteiger charge is -2.19. The maximum atomic E-state index is 11.9. The minimum Gasteiger partial charge on any atom is -0.497 e. The van der Waals surface area contributed by atoms with E-state index in [1.54, 1.807) is 48.5 Å². The number of amides is 2. The van der Waals surface area contributed by atoms with Crippen LogP contribution in [-0.2, 0) is 25.5 Å². The van der Waals surface area contributed by atoms with Crippen LogP contribution in [0.2, 0.25) is 0 Å². The number of hydrogen-bond donors (Lipinski definition) is 2. The van der Waals surface area contributed by atoms with Crippen LogP contribution in [0, 0.1) is 0 Å². The molecule has 1 aliphatic rings. The summed E-state index contributed by atoms with van der Waals surface area (Å²) in [6, 6.07) is 13.7. The van der Waals surface area contributed by atoms with Gasteiger partial charge < -0.3 is 24.1 Å². The Morgan fingerprint density at radius 1 is 1.12 bits per heavy atom. The van der Waals surface area contributed by atoms with E-state index in [1.807, 2.05) is 0 Å². The standard InChI is InChI=1S/C22H21NO9S/c1-29-16-4-2-3-14(10-16)17(32-22(28)31-12-19(24)25)11-30-15-7-5-13(6-8-15)9-18-20(26)23-21(27)33-18/h2-8,10,17-18H,9,11-12H2,1H3,(H,24,25)(H,23,26,27)/t17-,18?/m1/s1. The summed E-state index contributed by atoms with van der Waals surface area (Å²) in [5.74, 6) is -0.595. The Morgan fingerprint density at radius 3 is 2.52 bits per heavy atom. The predicted octanol–water partition coefficient (Wildman–Crippen LogP) is 2.95. The van der Waals surface area contributed by atoms with E-state index < -0.39 is 30.1 Å². The van der Waals surface area contributed by atoms with Crippen LogP contribution in [0.15, 0.2) is 48.5 Å². The molecular weight excluding hydrogens is 454 g/mol. The van der Waals surface area contributed by atoms with Crippen molar-refractivity contribution in [3.8, 4) is 11.5 Å². The van der Waals surface area contributed by atoms with Gasteiger partial charge in [-0.25, -0.2) is 9.59 Å². The van der Waals surface area contributed by atoms with Gasteiger partial charge in [0, 0.05) is 0 Å². The minimum absolute atomic E-state index is 0.0793. The summed E-state index contributed by atoms with van der Waals surface area (Å²) in [5, 5.41) is 10.1. The molecule has 33 heavy (non-hydrogen) atoms. The highest BCUT2D eigenvalue weighted by molar-refractivity contribution is 8.15. The van der Waals surface area contributed by atoms with Crippen molar-refractivity contribution in [3.05, 3.63) is 59.7 Å². The number of carbonyl (C=O) groups is 4. The van der Waals surface area contributed by atoms with Crippen LogP contribution in [0.5, 0.6) is 11.5 Å². The third-order valence-electron chi connectivity index (χ3n) is 4.53. The average Bonchev–Trinajstić information content (AvgIpc) is 3.12. The first-order valence-corrected chi connectivity index (χ1v) is 10.6. The Balaban J connectivity index is 1.64. The van der Waals surface area contributed by atoms with E-state index in [1.165, 1.54) is 7.11 Å². The summed E-state index contributed by atoms with van der Waals surface area (Å²) in [7, 11) is 1.50. The fourth-order valence-corrected chi connectivity index (χ4v) is 3.81. The summed E-state index contributed by atoms with van der Waals surface area (Å²) in [6.45, 7) is -0.904. The van der Waals surface area contributed by atoms with E-state index in [0.29, 0.717) is 23.5 Å². The lowest BCUT2D eigenvalue weighted by Crippen LogP contribution is -2.25. The highest BCUT2D eigenvalue weighted by Crippen LogP contribution is 2.26. The molecule has 1 saturated heterocycles. The highest BCUT2D eigenvalue weighted by Gasteiger charge is 2.31. The van der Waals surface area contributed by atoms with Gasteiger partial charge in [-0.05, 0) is 41.8 Å². The fourth-order valence-electron chi connectivity index (χ4n) is 2.95. The molecule has 0 aromatic heterocycles. The molecule has 2 amide bonds. The van der Waals surface area contributed by atoms with Gasteiger partial charge in [0.05, 0.1) is 12.4 Å². The van der Waals surface area contributed by atoms with Crippen molar-refractivity contribution < 1.29 is 43.2 Å². The molecule has 1 aliphatic heterocycles. The zero-order chi connectivity index (χ0) is 23.8. The number of thioether (sulfide) groups is 1. The van der Waals surface area contributed by atoms with Gasteiger partial charge >= 0.3 is 12.1 Å². The Hall–Kier alpha value is -3.73. The lowest BCUT2D eigenvalue weighted by atomic mass is 10.1. The Morgan fingerprint density at radius 2 is 1.88 bits per heavy atom. The highest BCUT2D eigenvalue weighted by atomic mass is 32.2. The first-order chi connectivity index (χ1) is 15.8. The first-order valence-electron chi connectivity index (χ1n) is 9.76. The number of carboxylic acids is 1. The van der Waals surface area contributed by atoms with Gasteiger partial charge in [0.1, 0.15) is 18.1 Å². The van der Waals surface area contributed by atoms with Crippen molar-refractivity contribution in [2.75, 3.05) is 20.3 Å². The maximum absolute atomic E-state index is 11.9. The third-order valence-corrected chi connectivity index (χ3v) is 5.51. The SMILES string of the molecule is COc1cccc([C@@H](COc2ccc(CC3SC(=O)NC3=O)cc2)OC(=O)OCC(=O)O)c1. The Kier molecular flexibility index (Phi) is 8.14. The van der Waals surface area contributed by atoms with Gasteiger partial charge in [-0.3, -0.25) is 14.9 Å². The quantitative estimate of drug-likeness (QED) is 0.493. The predicted molar refractivity (Wildman–Crippen MR) is 116 cm³/mol. The number of methoxy groups -OCH3 is 1. The number of rotatable bonds is 10. The zero-order valence-electron chi connectivity index (χ0n) is 17.5.